The van der Waals surface area contributed by atoms with E-state index in [1.807, 2.05) is 6.07 Å². The predicted molar refractivity (Wildman–Crippen MR) is 48.1 cm³/mol. The molecule has 2 amide bonds. The first kappa shape index (κ1) is 8.26. The smallest absolute Gasteiger partial charge is 0.339 e. The number of hydrazone groups is 1. The van der Waals surface area contributed by atoms with E-state index in [4.69, 9.17) is 5.73 Å². The number of carbonyl (C=O) groups excluding carboxylic acids is 1. The SMILES string of the molecule is C=NN(C(N)=O)c1ccccc1. The Morgan fingerprint density at radius 2 is 2.00 bits per heavy atom. The van der Waals surface area contributed by atoms with Crippen LogP contribution in [0.25, 0.3) is 0 Å². The van der Waals surface area contributed by atoms with Crippen LogP contribution in [0.4, 0.5) is 10.5 Å². The van der Waals surface area contributed by atoms with E-state index in [0.29, 0.717) is 5.69 Å². The molecule has 0 aliphatic carbocycles. The van der Waals surface area contributed by atoms with Gasteiger partial charge < -0.3 is 5.73 Å². The molecule has 0 aromatic heterocycles. The number of urea groups is 1. The van der Waals surface area contributed by atoms with Gasteiger partial charge in [0.1, 0.15) is 0 Å². The number of amides is 2. The first-order valence-electron chi connectivity index (χ1n) is 3.37. The topological polar surface area (TPSA) is 58.7 Å². The van der Waals surface area contributed by atoms with Gasteiger partial charge >= 0.3 is 6.03 Å². The number of hydrogen-bond donors (Lipinski definition) is 1. The van der Waals surface area contributed by atoms with Gasteiger partial charge in [0.15, 0.2) is 0 Å². The molecule has 12 heavy (non-hydrogen) atoms. The highest BCUT2D eigenvalue weighted by Crippen LogP contribution is 2.12. The summed E-state index contributed by atoms with van der Waals surface area (Å²) in [5, 5.41) is 4.49. The molecule has 0 radical (unpaired) electrons. The summed E-state index contributed by atoms with van der Waals surface area (Å²) in [6.07, 6.45) is 0. The van der Waals surface area contributed by atoms with Gasteiger partial charge in [0.2, 0.25) is 0 Å². The average Bonchev–Trinajstić information content (AvgIpc) is 2.07. The lowest BCUT2D eigenvalue weighted by atomic mass is 10.3. The van der Waals surface area contributed by atoms with Crippen LogP contribution < -0.4 is 10.7 Å². The van der Waals surface area contributed by atoms with Crippen LogP contribution in [0.1, 0.15) is 0 Å². The second-order valence-corrected chi connectivity index (χ2v) is 2.13. The molecule has 0 aliphatic heterocycles. The van der Waals surface area contributed by atoms with E-state index in [2.05, 4.69) is 11.8 Å². The van der Waals surface area contributed by atoms with E-state index in [0.717, 1.165) is 5.01 Å². The Hall–Kier alpha value is -1.84. The van der Waals surface area contributed by atoms with Crippen LogP contribution in [0.3, 0.4) is 0 Å². The summed E-state index contributed by atoms with van der Waals surface area (Å²) in [6, 6.07) is 8.22. The normalized spacial score (nSPS) is 9.00. The molecule has 1 aromatic rings. The maximum absolute atomic E-state index is 10.7. The van der Waals surface area contributed by atoms with Gasteiger partial charge in [0.25, 0.3) is 0 Å². The number of benzene rings is 1. The number of rotatable bonds is 2. The van der Waals surface area contributed by atoms with Crippen molar-refractivity contribution in [3.05, 3.63) is 30.3 Å². The first-order chi connectivity index (χ1) is 5.75. The summed E-state index contributed by atoms with van der Waals surface area (Å²) in [4.78, 5) is 10.7. The van der Waals surface area contributed by atoms with Crippen molar-refractivity contribution in [3.8, 4) is 0 Å². The fraction of sp³-hybridized carbons (Fsp3) is 0. The number of anilines is 1. The summed E-state index contributed by atoms with van der Waals surface area (Å²) in [7, 11) is 0. The van der Waals surface area contributed by atoms with Crippen LogP contribution in [0.5, 0.6) is 0 Å². The highest BCUT2D eigenvalue weighted by molar-refractivity contribution is 5.90. The Morgan fingerprint density at radius 3 is 2.42 bits per heavy atom. The van der Waals surface area contributed by atoms with Crippen molar-refractivity contribution in [1.29, 1.82) is 0 Å². The minimum Gasteiger partial charge on any atom is -0.350 e. The van der Waals surface area contributed by atoms with Gasteiger partial charge in [0.05, 0.1) is 5.69 Å². The molecule has 0 heterocycles. The zero-order valence-corrected chi connectivity index (χ0v) is 6.47. The lowest BCUT2D eigenvalue weighted by Crippen LogP contribution is -2.30. The van der Waals surface area contributed by atoms with Crippen LogP contribution in [-0.2, 0) is 0 Å². The van der Waals surface area contributed by atoms with E-state index >= 15 is 0 Å². The van der Waals surface area contributed by atoms with Gasteiger partial charge in [0, 0.05) is 6.72 Å². The molecule has 4 heteroatoms. The zero-order valence-electron chi connectivity index (χ0n) is 6.47. The maximum Gasteiger partial charge on any atom is 0.339 e. The van der Waals surface area contributed by atoms with Crippen LogP contribution >= 0.6 is 0 Å². The quantitative estimate of drug-likeness (QED) is 0.516. The van der Waals surface area contributed by atoms with Crippen molar-refractivity contribution < 1.29 is 4.79 Å². The van der Waals surface area contributed by atoms with E-state index < -0.39 is 6.03 Å². The Kier molecular flexibility index (Phi) is 2.42. The molecule has 0 atom stereocenters. The van der Waals surface area contributed by atoms with Crippen molar-refractivity contribution >= 4 is 18.4 Å². The molecular formula is C8H9N3O. The van der Waals surface area contributed by atoms with E-state index in [1.165, 1.54) is 0 Å². The Balaban J connectivity index is 2.95. The largest absolute Gasteiger partial charge is 0.350 e. The molecule has 0 spiro atoms. The summed E-state index contributed by atoms with van der Waals surface area (Å²) in [5.41, 5.74) is 5.64. The van der Waals surface area contributed by atoms with Crippen LogP contribution in [0, 0.1) is 0 Å². The number of carbonyl (C=O) groups is 1. The molecule has 0 saturated heterocycles. The first-order valence-corrected chi connectivity index (χ1v) is 3.37. The van der Waals surface area contributed by atoms with Crippen LogP contribution in [0.2, 0.25) is 0 Å². The van der Waals surface area contributed by atoms with Gasteiger partial charge in [-0.15, -0.1) is 0 Å². The average molecular weight is 163 g/mol. The van der Waals surface area contributed by atoms with Crippen molar-refractivity contribution in [1.82, 2.24) is 0 Å². The minimum absolute atomic E-state index is 0.611. The van der Waals surface area contributed by atoms with E-state index in [9.17, 15) is 4.79 Å². The number of para-hydroxylation sites is 1. The standard InChI is InChI=1S/C8H9N3O/c1-10-11(8(9)12)7-5-3-2-4-6-7/h2-6H,1H2,(H2,9,12). The van der Waals surface area contributed by atoms with Crippen LogP contribution in [0.15, 0.2) is 35.4 Å². The van der Waals surface area contributed by atoms with Gasteiger partial charge in [-0.05, 0) is 12.1 Å². The van der Waals surface area contributed by atoms with Crippen molar-refractivity contribution in [2.24, 2.45) is 10.8 Å². The predicted octanol–water partition coefficient (Wildman–Crippen LogP) is 1.19. The molecule has 0 saturated carbocycles. The number of nitrogens with zero attached hydrogens (tertiary/aromatic N) is 2. The monoisotopic (exact) mass is 163 g/mol. The summed E-state index contributed by atoms with van der Waals surface area (Å²) < 4.78 is 0. The third kappa shape index (κ3) is 1.60. The molecule has 0 fully saturated rings. The minimum atomic E-state index is -0.642. The molecule has 4 nitrogen and oxygen atoms in total. The van der Waals surface area contributed by atoms with Gasteiger partial charge in [-0.25, -0.2) is 4.79 Å². The third-order valence-electron chi connectivity index (χ3n) is 1.35. The highest BCUT2D eigenvalue weighted by atomic mass is 16.2. The summed E-state index contributed by atoms with van der Waals surface area (Å²) >= 11 is 0. The fourth-order valence-electron chi connectivity index (χ4n) is 0.848. The van der Waals surface area contributed by atoms with E-state index in [1.54, 1.807) is 24.3 Å². The Labute approximate surface area is 70.3 Å². The molecule has 2 N–H and O–H groups in total. The molecule has 1 aromatic carbocycles. The van der Waals surface area contributed by atoms with Crippen molar-refractivity contribution in [3.63, 3.8) is 0 Å². The Bertz CT molecular complexity index is 284. The fourth-order valence-corrected chi connectivity index (χ4v) is 0.848. The summed E-state index contributed by atoms with van der Waals surface area (Å²) in [5.74, 6) is 0. The Morgan fingerprint density at radius 1 is 1.42 bits per heavy atom. The molecule has 62 valence electrons. The lowest BCUT2D eigenvalue weighted by Gasteiger charge is -2.12. The molecule has 0 aliphatic rings. The van der Waals surface area contributed by atoms with Gasteiger partial charge in [-0.3, -0.25) is 0 Å². The molecule has 1 rings (SSSR count). The highest BCUT2D eigenvalue weighted by Gasteiger charge is 2.07. The van der Waals surface area contributed by atoms with Crippen LogP contribution in [-0.4, -0.2) is 12.7 Å². The second kappa shape index (κ2) is 3.52. The molecule has 0 unspecified atom stereocenters. The molecule has 0 bridgehead atoms. The molecular weight excluding hydrogens is 154 g/mol. The number of nitrogens with two attached hydrogens (primary N) is 1. The van der Waals surface area contributed by atoms with Crippen molar-refractivity contribution in [2.75, 3.05) is 5.01 Å². The van der Waals surface area contributed by atoms with Gasteiger partial charge in [-0.1, -0.05) is 18.2 Å². The second-order valence-electron chi connectivity index (χ2n) is 2.13. The number of hydrogen-bond acceptors (Lipinski definition) is 2. The zero-order chi connectivity index (χ0) is 8.97. The number of primary amides is 1. The van der Waals surface area contributed by atoms with Gasteiger partial charge in [-0.2, -0.15) is 10.1 Å². The summed E-state index contributed by atoms with van der Waals surface area (Å²) in [6.45, 7) is 3.23. The van der Waals surface area contributed by atoms with E-state index in [-0.39, 0.29) is 0 Å². The maximum atomic E-state index is 10.7. The lowest BCUT2D eigenvalue weighted by molar-refractivity contribution is 0.254. The third-order valence-corrected chi connectivity index (χ3v) is 1.35. The van der Waals surface area contributed by atoms with Crippen molar-refractivity contribution in [2.45, 2.75) is 0 Å².